The van der Waals surface area contributed by atoms with Crippen molar-refractivity contribution in [1.29, 1.82) is 0 Å². The lowest BCUT2D eigenvalue weighted by atomic mass is 9.59. The van der Waals surface area contributed by atoms with Gasteiger partial charge in [0.25, 0.3) is 0 Å². The first kappa shape index (κ1) is 17.6. The van der Waals surface area contributed by atoms with Crippen molar-refractivity contribution in [3.05, 3.63) is 22.2 Å². The van der Waals surface area contributed by atoms with Gasteiger partial charge in [0.2, 0.25) is 0 Å². The highest BCUT2D eigenvalue weighted by molar-refractivity contribution is 9.10. The molecule has 3 atom stereocenters. The first-order chi connectivity index (χ1) is 10.8. The van der Waals surface area contributed by atoms with Crippen LogP contribution in [0.3, 0.4) is 0 Å². The Labute approximate surface area is 155 Å². The molecular formula is C18H24Br2O3. The molecule has 0 spiro atoms. The molecule has 23 heavy (non-hydrogen) atoms. The lowest BCUT2D eigenvalue weighted by Gasteiger charge is -2.55. The average Bonchev–Trinajstić information content (AvgIpc) is 2.49. The fraction of sp³-hybridized carbons (Fsp3) is 0.667. The van der Waals surface area contributed by atoms with Crippen LogP contribution >= 0.6 is 31.9 Å². The molecule has 0 bridgehead atoms. The number of hydrogen-bond acceptors (Lipinski definition) is 3. The van der Waals surface area contributed by atoms with E-state index in [2.05, 4.69) is 58.7 Å². The van der Waals surface area contributed by atoms with Crippen LogP contribution in [0.25, 0.3) is 0 Å². The molecule has 1 aliphatic carbocycles. The zero-order valence-corrected chi connectivity index (χ0v) is 17.3. The van der Waals surface area contributed by atoms with Gasteiger partial charge in [-0.25, -0.2) is 0 Å². The predicted octanol–water partition coefficient (Wildman–Crippen LogP) is 5.33. The zero-order chi connectivity index (χ0) is 16.8. The summed E-state index contributed by atoms with van der Waals surface area (Å²) < 4.78 is 18.1. The molecule has 1 saturated carbocycles. The quantitative estimate of drug-likeness (QED) is 0.463. The van der Waals surface area contributed by atoms with Crippen molar-refractivity contribution >= 4 is 31.9 Å². The van der Waals surface area contributed by atoms with Crippen molar-refractivity contribution in [1.82, 2.24) is 0 Å². The Morgan fingerprint density at radius 3 is 2.74 bits per heavy atom. The summed E-state index contributed by atoms with van der Waals surface area (Å²) >= 11 is 7.47. The number of benzene rings is 1. The van der Waals surface area contributed by atoms with Gasteiger partial charge in [0.05, 0.1) is 4.47 Å². The Balaban J connectivity index is 1.97. The topological polar surface area (TPSA) is 27.7 Å². The molecule has 1 heterocycles. The monoisotopic (exact) mass is 446 g/mol. The number of rotatable bonds is 3. The summed E-state index contributed by atoms with van der Waals surface area (Å²) in [7, 11) is 1.63. The van der Waals surface area contributed by atoms with E-state index in [4.69, 9.17) is 14.2 Å². The van der Waals surface area contributed by atoms with E-state index < -0.39 is 0 Å². The molecule has 0 aromatic heterocycles. The molecule has 1 aromatic carbocycles. The van der Waals surface area contributed by atoms with Crippen LogP contribution in [-0.4, -0.2) is 24.3 Å². The van der Waals surface area contributed by atoms with E-state index in [0.717, 1.165) is 35.2 Å². The maximum Gasteiger partial charge on any atom is 0.188 e. The smallest absolute Gasteiger partial charge is 0.188 e. The molecule has 0 unspecified atom stereocenters. The van der Waals surface area contributed by atoms with Crippen molar-refractivity contribution in [2.75, 3.05) is 13.9 Å². The Bertz CT molecular complexity index is 602. The molecule has 3 rings (SSSR count). The molecule has 128 valence electrons. The number of ether oxygens (including phenoxy) is 3. The van der Waals surface area contributed by atoms with Crippen LogP contribution in [0.4, 0.5) is 0 Å². The third kappa shape index (κ3) is 3.05. The molecular weight excluding hydrogens is 424 g/mol. The Morgan fingerprint density at radius 1 is 1.30 bits per heavy atom. The number of fused-ring (bicyclic) bond motifs is 2. The summed E-state index contributed by atoms with van der Waals surface area (Å²) in [4.78, 5) is 0.526. The van der Waals surface area contributed by atoms with E-state index >= 15 is 0 Å². The third-order valence-corrected chi connectivity index (χ3v) is 7.81. The summed E-state index contributed by atoms with van der Waals surface area (Å²) in [6, 6.07) is 4.13. The molecule has 0 amide bonds. The first-order valence-corrected chi connectivity index (χ1v) is 9.76. The largest absolute Gasteiger partial charge is 0.487 e. The highest BCUT2D eigenvalue weighted by atomic mass is 79.9. The normalized spacial score (nSPS) is 31.7. The van der Waals surface area contributed by atoms with Crippen LogP contribution in [0.1, 0.15) is 39.2 Å². The fourth-order valence-electron chi connectivity index (χ4n) is 4.10. The highest BCUT2D eigenvalue weighted by Crippen LogP contribution is 2.55. The SMILES string of the molecule is COCOc1cc2c(cc1Br)O[C@@]1(C)CC[C@H](Br)C(C)(C)[C@@H]1C2. The molecule has 1 aliphatic heterocycles. The van der Waals surface area contributed by atoms with Gasteiger partial charge in [-0.15, -0.1) is 0 Å². The van der Waals surface area contributed by atoms with Crippen LogP contribution in [0.15, 0.2) is 16.6 Å². The lowest BCUT2D eigenvalue weighted by molar-refractivity contribution is -0.0774. The average molecular weight is 448 g/mol. The fourth-order valence-corrected chi connectivity index (χ4v) is 5.09. The zero-order valence-electron chi connectivity index (χ0n) is 14.1. The van der Waals surface area contributed by atoms with Gasteiger partial charge in [-0.3, -0.25) is 0 Å². The van der Waals surface area contributed by atoms with Gasteiger partial charge >= 0.3 is 0 Å². The van der Waals surface area contributed by atoms with Crippen molar-refractivity contribution in [2.45, 2.75) is 50.5 Å². The Hall–Kier alpha value is -0.260. The Morgan fingerprint density at radius 2 is 2.04 bits per heavy atom. The predicted molar refractivity (Wildman–Crippen MR) is 98.6 cm³/mol. The van der Waals surface area contributed by atoms with Crippen molar-refractivity contribution in [3.63, 3.8) is 0 Å². The first-order valence-electron chi connectivity index (χ1n) is 8.05. The van der Waals surface area contributed by atoms with Crippen LogP contribution in [0.5, 0.6) is 11.5 Å². The summed E-state index contributed by atoms with van der Waals surface area (Å²) in [5, 5.41) is 0. The lowest BCUT2D eigenvalue weighted by Crippen LogP contribution is -2.57. The standard InChI is InChI=1S/C18H24Br2O3/c1-17(2)15-8-11-7-14(22-10-21-4)12(19)9-13(11)23-18(15,3)6-5-16(17)20/h7,9,15-16H,5-6,8,10H2,1-4H3/t15-,16-,18-/m0/s1. The van der Waals surface area contributed by atoms with E-state index in [1.54, 1.807) is 7.11 Å². The second kappa shape index (κ2) is 6.23. The van der Waals surface area contributed by atoms with Crippen molar-refractivity contribution in [3.8, 4) is 11.5 Å². The molecule has 0 radical (unpaired) electrons. The van der Waals surface area contributed by atoms with Crippen LogP contribution < -0.4 is 9.47 Å². The second-order valence-electron chi connectivity index (χ2n) is 7.44. The van der Waals surface area contributed by atoms with Gasteiger partial charge in [0.1, 0.15) is 17.1 Å². The van der Waals surface area contributed by atoms with Gasteiger partial charge in [-0.05, 0) is 65.2 Å². The van der Waals surface area contributed by atoms with E-state index in [1.807, 2.05) is 6.07 Å². The number of hydrogen-bond donors (Lipinski definition) is 0. The summed E-state index contributed by atoms with van der Waals surface area (Å²) in [5.74, 6) is 2.25. The van der Waals surface area contributed by atoms with Gasteiger partial charge in [-0.2, -0.15) is 0 Å². The molecule has 5 heteroatoms. The minimum absolute atomic E-state index is 0.102. The van der Waals surface area contributed by atoms with Gasteiger partial charge in [0.15, 0.2) is 6.79 Å². The van der Waals surface area contributed by atoms with Gasteiger partial charge in [-0.1, -0.05) is 29.8 Å². The molecule has 2 aliphatic rings. The van der Waals surface area contributed by atoms with E-state index in [-0.39, 0.29) is 17.8 Å². The second-order valence-corrected chi connectivity index (χ2v) is 9.40. The van der Waals surface area contributed by atoms with E-state index in [1.165, 1.54) is 5.56 Å². The molecule has 0 N–H and O–H groups in total. The summed E-state index contributed by atoms with van der Waals surface area (Å²) in [5.41, 5.74) is 1.30. The number of halogens is 2. The van der Waals surface area contributed by atoms with E-state index in [9.17, 15) is 0 Å². The number of methoxy groups -OCH3 is 1. The Kier molecular flexibility index (Phi) is 4.76. The van der Waals surface area contributed by atoms with Gasteiger partial charge in [0, 0.05) is 17.9 Å². The van der Waals surface area contributed by atoms with Crippen molar-refractivity contribution in [2.24, 2.45) is 11.3 Å². The van der Waals surface area contributed by atoms with Crippen molar-refractivity contribution < 1.29 is 14.2 Å². The van der Waals surface area contributed by atoms with Gasteiger partial charge < -0.3 is 14.2 Å². The maximum atomic E-state index is 6.51. The molecule has 1 fully saturated rings. The summed E-state index contributed by atoms with van der Waals surface area (Å²) in [6.07, 6.45) is 3.24. The third-order valence-electron chi connectivity index (χ3n) is 5.55. The van der Waals surface area contributed by atoms with Crippen LogP contribution in [0.2, 0.25) is 0 Å². The minimum Gasteiger partial charge on any atom is -0.487 e. The summed E-state index contributed by atoms with van der Waals surface area (Å²) in [6.45, 7) is 7.22. The molecule has 3 nitrogen and oxygen atoms in total. The maximum absolute atomic E-state index is 6.51. The highest BCUT2D eigenvalue weighted by Gasteiger charge is 2.54. The van der Waals surface area contributed by atoms with Crippen LogP contribution in [-0.2, 0) is 11.2 Å². The number of alkyl halides is 1. The minimum atomic E-state index is -0.102. The molecule has 1 aromatic rings. The molecule has 0 saturated heterocycles. The van der Waals surface area contributed by atoms with E-state index in [0.29, 0.717) is 10.7 Å². The van der Waals surface area contributed by atoms with Crippen LogP contribution in [0, 0.1) is 11.3 Å².